The highest BCUT2D eigenvalue weighted by molar-refractivity contribution is 9.10. The van der Waals surface area contributed by atoms with Gasteiger partial charge < -0.3 is 9.47 Å². The van der Waals surface area contributed by atoms with Gasteiger partial charge >= 0.3 is 12.3 Å². The number of carbonyl (C=O) groups excluding carboxylic acids is 1. The molecule has 1 aromatic carbocycles. The molecule has 19 heavy (non-hydrogen) atoms. The second-order valence-corrected chi connectivity index (χ2v) is 4.23. The molecule has 0 unspecified atom stereocenters. The van der Waals surface area contributed by atoms with Crippen LogP contribution in [0.2, 0.25) is 0 Å². The summed E-state index contributed by atoms with van der Waals surface area (Å²) in [6.07, 6.45) is -2.56. The average Bonchev–Trinajstić information content (AvgIpc) is 2.26. The van der Waals surface area contributed by atoms with E-state index in [1.165, 1.54) is 18.2 Å². The van der Waals surface area contributed by atoms with Gasteiger partial charge in [-0.25, -0.2) is 4.79 Å². The summed E-state index contributed by atoms with van der Waals surface area (Å²) in [6, 6.07) is 4.09. The molecule has 0 aliphatic rings. The average molecular weight is 339 g/mol. The van der Waals surface area contributed by atoms with Gasteiger partial charge in [0.25, 0.3) is 0 Å². The van der Waals surface area contributed by atoms with Crippen molar-refractivity contribution in [3.8, 4) is 5.75 Å². The first-order chi connectivity index (χ1) is 8.81. The van der Waals surface area contributed by atoms with Crippen molar-refractivity contribution >= 4 is 28.0 Å². The van der Waals surface area contributed by atoms with E-state index in [1.54, 1.807) is 6.92 Å². The van der Waals surface area contributed by atoms with Crippen LogP contribution in [0.3, 0.4) is 0 Å². The zero-order chi connectivity index (χ0) is 14.5. The molecule has 0 aliphatic heterocycles. The summed E-state index contributed by atoms with van der Waals surface area (Å²) < 4.78 is 45.6. The van der Waals surface area contributed by atoms with Crippen molar-refractivity contribution in [3.05, 3.63) is 34.3 Å². The summed E-state index contributed by atoms with van der Waals surface area (Å²) in [5.41, 5.74) is 0.119. The van der Waals surface area contributed by atoms with Gasteiger partial charge in [0.15, 0.2) is 0 Å². The molecule has 0 saturated heterocycles. The second-order valence-electron chi connectivity index (χ2n) is 3.32. The molecule has 3 nitrogen and oxygen atoms in total. The Labute approximate surface area is 116 Å². The molecule has 0 amide bonds. The number of benzene rings is 1. The Kier molecular flexibility index (Phi) is 5.41. The normalized spacial score (nSPS) is 11.6. The highest BCUT2D eigenvalue weighted by Gasteiger charge is 2.31. The Bertz CT molecular complexity index is 484. The minimum absolute atomic E-state index is 0.119. The molecule has 0 spiro atoms. The predicted octanol–water partition coefficient (Wildman–Crippen LogP) is 3.92. The van der Waals surface area contributed by atoms with Crippen molar-refractivity contribution in [2.24, 2.45) is 0 Å². The monoisotopic (exact) mass is 338 g/mol. The summed E-state index contributed by atoms with van der Waals surface area (Å²) in [4.78, 5) is 11.1. The van der Waals surface area contributed by atoms with E-state index in [0.717, 1.165) is 12.1 Å². The van der Waals surface area contributed by atoms with Crippen molar-refractivity contribution in [1.82, 2.24) is 0 Å². The van der Waals surface area contributed by atoms with Crippen LogP contribution in [-0.4, -0.2) is 18.9 Å². The van der Waals surface area contributed by atoms with Gasteiger partial charge in [-0.15, -0.1) is 13.2 Å². The summed E-state index contributed by atoms with van der Waals surface area (Å²) in [7, 11) is 0. The lowest BCUT2D eigenvalue weighted by atomic mass is 10.2. The third kappa shape index (κ3) is 5.78. The van der Waals surface area contributed by atoms with Crippen LogP contribution in [0.4, 0.5) is 13.2 Å². The quantitative estimate of drug-likeness (QED) is 0.616. The van der Waals surface area contributed by atoms with Crippen molar-refractivity contribution in [1.29, 1.82) is 0 Å². The summed E-state index contributed by atoms with van der Waals surface area (Å²) in [5.74, 6) is -1.04. The van der Waals surface area contributed by atoms with Crippen LogP contribution in [0.25, 0.3) is 6.08 Å². The number of ether oxygens (including phenoxy) is 2. The number of halogens is 4. The van der Waals surface area contributed by atoms with Crippen molar-refractivity contribution in [2.75, 3.05) is 6.61 Å². The van der Waals surface area contributed by atoms with E-state index in [0.29, 0.717) is 4.47 Å². The van der Waals surface area contributed by atoms with Crippen molar-refractivity contribution in [2.45, 2.75) is 13.3 Å². The van der Waals surface area contributed by atoms with Gasteiger partial charge in [-0.05, 0) is 25.1 Å². The second kappa shape index (κ2) is 6.60. The van der Waals surface area contributed by atoms with Gasteiger partial charge in [0.2, 0.25) is 0 Å². The predicted molar refractivity (Wildman–Crippen MR) is 66.5 cm³/mol. The van der Waals surface area contributed by atoms with E-state index in [1.807, 2.05) is 0 Å². The smallest absolute Gasteiger partial charge is 0.463 e. The fraction of sp³-hybridized carbons (Fsp3) is 0.250. The van der Waals surface area contributed by atoms with Crippen molar-refractivity contribution in [3.63, 3.8) is 0 Å². The first-order valence-electron chi connectivity index (χ1n) is 5.22. The minimum Gasteiger partial charge on any atom is -0.463 e. The number of esters is 1. The van der Waals surface area contributed by atoms with Gasteiger partial charge in [-0.1, -0.05) is 22.0 Å². The Morgan fingerprint density at radius 3 is 2.68 bits per heavy atom. The maximum Gasteiger partial charge on any atom is 0.573 e. The van der Waals surface area contributed by atoms with Gasteiger partial charge in [-0.3, -0.25) is 0 Å². The van der Waals surface area contributed by atoms with Crippen LogP contribution in [0.5, 0.6) is 5.75 Å². The van der Waals surface area contributed by atoms with Crippen LogP contribution in [0.15, 0.2) is 28.7 Å². The summed E-state index contributed by atoms with van der Waals surface area (Å²) in [6.45, 7) is 1.82. The number of rotatable bonds is 4. The van der Waals surface area contributed by atoms with Crippen LogP contribution >= 0.6 is 15.9 Å². The van der Waals surface area contributed by atoms with Crippen LogP contribution in [-0.2, 0) is 9.53 Å². The van der Waals surface area contributed by atoms with E-state index < -0.39 is 18.1 Å². The Morgan fingerprint density at radius 2 is 2.11 bits per heavy atom. The van der Waals surface area contributed by atoms with Gasteiger partial charge in [0, 0.05) is 16.1 Å². The fourth-order valence-corrected chi connectivity index (χ4v) is 1.55. The third-order valence-corrected chi connectivity index (χ3v) is 2.38. The molecule has 0 radical (unpaired) electrons. The molecule has 104 valence electrons. The maximum atomic E-state index is 12.2. The first kappa shape index (κ1) is 15.6. The molecular weight excluding hydrogens is 329 g/mol. The third-order valence-electron chi connectivity index (χ3n) is 1.89. The largest absolute Gasteiger partial charge is 0.573 e. The van der Waals surface area contributed by atoms with Gasteiger partial charge in [-0.2, -0.15) is 0 Å². The SMILES string of the molecule is CCOC(=O)C=Cc1ccc(Br)cc1OC(F)(F)F. The number of hydrogen-bond donors (Lipinski definition) is 0. The molecular formula is C12H10BrF3O3. The van der Waals surface area contributed by atoms with E-state index >= 15 is 0 Å². The molecule has 1 aromatic rings. The Balaban J connectivity index is 2.97. The van der Waals surface area contributed by atoms with Crippen LogP contribution < -0.4 is 4.74 Å². The maximum absolute atomic E-state index is 12.2. The summed E-state index contributed by atoms with van der Waals surface area (Å²) >= 11 is 3.05. The zero-order valence-electron chi connectivity index (χ0n) is 9.83. The summed E-state index contributed by atoms with van der Waals surface area (Å²) in [5, 5.41) is 0. The molecule has 0 aromatic heterocycles. The molecule has 0 saturated carbocycles. The molecule has 0 fully saturated rings. The first-order valence-corrected chi connectivity index (χ1v) is 6.01. The zero-order valence-corrected chi connectivity index (χ0v) is 11.4. The lowest BCUT2D eigenvalue weighted by Gasteiger charge is -2.11. The molecule has 0 atom stereocenters. The van der Waals surface area contributed by atoms with Crippen LogP contribution in [0.1, 0.15) is 12.5 Å². The van der Waals surface area contributed by atoms with E-state index in [-0.39, 0.29) is 12.2 Å². The molecule has 0 heterocycles. The lowest BCUT2D eigenvalue weighted by molar-refractivity contribution is -0.274. The molecule has 1 rings (SSSR count). The molecule has 7 heteroatoms. The molecule has 0 bridgehead atoms. The lowest BCUT2D eigenvalue weighted by Crippen LogP contribution is -2.17. The minimum atomic E-state index is -4.80. The number of alkyl halides is 3. The van der Waals surface area contributed by atoms with Gasteiger partial charge in [0.05, 0.1) is 6.61 Å². The van der Waals surface area contributed by atoms with E-state index in [2.05, 4.69) is 25.4 Å². The van der Waals surface area contributed by atoms with Crippen LogP contribution in [0, 0.1) is 0 Å². The van der Waals surface area contributed by atoms with E-state index in [4.69, 9.17) is 0 Å². The highest BCUT2D eigenvalue weighted by atomic mass is 79.9. The highest BCUT2D eigenvalue weighted by Crippen LogP contribution is 2.30. The molecule has 0 N–H and O–H groups in total. The Morgan fingerprint density at radius 1 is 1.42 bits per heavy atom. The topological polar surface area (TPSA) is 35.5 Å². The molecule has 0 aliphatic carbocycles. The number of hydrogen-bond acceptors (Lipinski definition) is 3. The standard InChI is InChI=1S/C12H10BrF3O3/c1-2-18-11(17)6-4-8-3-5-9(13)7-10(8)19-12(14,15)16/h3-7H,2H2,1H3. The fourth-order valence-electron chi connectivity index (χ4n) is 1.21. The Hall–Kier alpha value is -1.50. The number of carbonyl (C=O) groups is 1. The van der Waals surface area contributed by atoms with Crippen molar-refractivity contribution < 1.29 is 27.4 Å². The van der Waals surface area contributed by atoms with E-state index in [9.17, 15) is 18.0 Å². The van der Waals surface area contributed by atoms with Gasteiger partial charge in [0.1, 0.15) is 5.75 Å².